The van der Waals surface area contributed by atoms with E-state index >= 15 is 0 Å². The molecule has 0 atom stereocenters. The summed E-state index contributed by atoms with van der Waals surface area (Å²) in [7, 11) is 1.63. The van der Waals surface area contributed by atoms with Crippen LogP contribution in [0.4, 0.5) is 16.4 Å². The third kappa shape index (κ3) is 5.37. The molecule has 1 aromatic heterocycles. The lowest BCUT2D eigenvalue weighted by atomic mass is 9.99. The summed E-state index contributed by atoms with van der Waals surface area (Å²) >= 11 is 0. The molecular formula is C28H33N5O3. The molecule has 3 aromatic rings. The number of nitrogens with zero attached hydrogens (tertiary/aromatic N) is 4. The molecule has 0 saturated carbocycles. The highest BCUT2D eigenvalue weighted by molar-refractivity contribution is 5.89. The summed E-state index contributed by atoms with van der Waals surface area (Å²) in [4.78, 5) is 26.9. The van der Waals surface area contributed by atoms with E-state index in [1.165, 1.54) is 0 Å². The van der Waals surface area contributed by atoms with Crippen molar-refractivity contribution < 1.29 is 14.3 Å². The molecule has 0 spiro atoms. The summed E-state index contributed by atoms with van der Waals surface area (Å²) in [6, 6.07) is 15.1. The molecule has 2 aliphatic rings. The van der Waals surface area contributed by atoms with Gasteiger partial charge in [0.15, 0.2) is 0 Å². The van der Waals surface area contributed by atoms with E-state index < -0.39 is 0 Å². The molecule has 1 N–H and O–H groups in total. The summed E-state index contributed by atoms with van der Waals surface area (Å²) in [5.41, 5.74) is 3.71. The summed E-state index contributed by atoms with van der Waals surface area (Å²) in [5, 5.41) is 3.00. The maximum absolute atomic E-state index is 13.1. The molecule has 36 heavy (non-hydrogen) atoms. The second-order valence-electron chi connectivity index (χ2n) is 9.67. The Morgan fingerprint density at radius 1 is 1.03 bits per heavy atom. The lowest BCUT2D eigenvalue weighted by Crippen LogP contribution is -2.40. The van der Waals surface area contributed by atoms with E-state index in [4.69, 9.17) is 19.4 Å². The van der Waals surface area contributed by atoms with Gasteiger partial charge in [0, 0.05) is 37.8 Å². The van der Waals surface area contributed by atoms with Gasteiger partial charge in [-0.25, -0.2) is 9.78 Å². The molecule has 188 valence electrons. The number of fused-ring (bicyclic) bond motifs is 1. The summed E-state index contributed by atoms with van der Waals surface area (Å²) in [6.45, 7) is 7.14. The monoisotopic (exact) mass is 487 g/mol. The molecule has 2 amide bonds. The van der Waals surface area contributed by atoms with Crippen molar-refractivity contribution in [3.8, 4) is 17.4 Å². The molecule has 1 saturated heterocycles. The average Bonchev–Trinajstić information content (AvgIpc) is 2.90. The van der Waals surface area contributed by atoms with Gasteiger partial charge in [0.05, 0.1) is 24.9 Å². The number of nitrogens with one attached hydrogen (secondary N) is 1. The Hall–Kier alpha value is -3.81. The molecular weight excluding hydrogens is 454 g/mol. The van der Waals surface area contributed by atoms with Crippen LogP contribution in [-0.2, 0) is 13.0 Å². The normalized spacial score (nSPS) is 15.9. The van der Waals surface area contributed by atoms with Gasteiger partial charge in [-0.2, -0.15) is 4.98 Å². The second-order valence-corrected chi connectivity index (χ2v) is 9.67. The van der Waals surface area contributed by atoms with Crippen LogP contribution in [0.25, 0.3) is 0 Å². The number of piperidine rings is 1. The highest BCUT2D eigenvalue weighted by Gasteiger charge is 2.29. The first-order valence-electron chi connectivity index (χ1n) is 12.6. The minimum Gasteiger partial charge on any atom is -0.497 e. The first-order valence-corrected chi connectivity index (χ1v) is 12.6. The zero-order valence-electron chi connectivity index (χ0n) is 21.2. The minimum absolute atomic E-state index is 0.147. The highest BCUT2D eigenvalue weighted by atomic mass is 16.5. The fourth-order valence-electron chi connectivity index (χ4n) is 4.59. The van der Waals surface area contributed by atoms with E-state index in [1.807, 2.05) is 55.5 Å². The first-order chi connectivity index (χ1) is 17.5. The smallest absolute Gasteiger partial charge is 0.322 e. The van der Waals surface area contributed by atoms with E-state index in [-0.39, 0.29) is 6.03 Å². The van der Waals surface area contributed by atoms with Gasteiger partial charge in [0.2, 0.25) is 11.8 Å². The number of aryl methyl sites for hydroxylation is 1. The van der Waals surface area contributed by atoms with Gasteiger partial charge >= 0.3 is 6.03 Å². The maximum Gasteiger partial charge on any atom is 0.322 e. The number of hydrogen-bond donors (Lipinski definition) is 1. The number of hydrogen-bond acceptors (Lipinski definition) is 6. The number of aromatic nitrogens is 2. The van der Waals surface area contributed by atoms with E-state index in [1.54, 1.807) is 12.0 Å². The van der Waals surface area contributed by atoms with Crippen molar-refractivity contribution in [3.05, 3.63) is 65.4 Å². The van der Waals surface area contributed by atoms with Gasteiger partial charge in [0.1, 0.15) is 11.5 Å². The van der Waals surface area contributed by atoms with Gasteiger partial charge in [-0.1, -0.05) is 30.7 Å². The molecule has 2 aromatic carbocycles. The Kier molecular flexibility index (Phi) is 6.93. The van der Waals surface area contributed by atoms with Gasteiger partial charge in [0.25, 0.3) is 0 Å². The van der Waals surface area contributed by atoms with Crippen molar-refractivity contribution in [1.82, 2.24) is 14.9 Å². The summed E-state index contributed by atoms with van der Waals surface area (Å²) in [5.74, 6) is 3.26. The highest BCUT2D eigenvalue weighted by Crippen LogP contribution is 2.33. The number of amides is 2. The lowest BCUT2D eigenvalue weighted by Gasteiger charge is -2.33. The summed E-state index contributed by atoms with van der Waals surface area (Å²) in [6.07, 6.45) is 2.89. The van der Waals surface area contributed by atoms with Gasteiger partial charge in [-0.3, -0.25) is 0 Å². The van der Waals surface area contributed by atoms with Crippen LogP contribution in [0.2, 0.25) is 0 Å². The Bertz CT molecular complexity index is 1220. The van der Waals surface area contributed by atoms with Crippen molar-refractivity contribution in [2.75, 3.05) is 37.0 Å². The zero-order chi connectivity index (χ0) is 25.1. The molecule has 0 unspecified atom stereocenters. The van der Waals surface area contributed by atoms with Crippen LogP contribution < -0.4 is 19.7 Å². The average molecular weight is 488 g/mol. The van der Waals surface area contributed by atoms with Gasteiger partial charge in [-0.05, 0) is 49.9 Å². The fourth-order valence-corrected chi connectivity index (χ4v) is 4.59. The van der Waals surface area contributed by atoms with Gasteiger partial charge < -0.3 is 24.6 Å². The van der Waals surface area contributed by atoms with Crippen LogP contribution in [-0.4, -0.2) is 47.6 Å². The van der Waals surface area contributed by atoms with Gasteiger partial charge in [-0.15, -0.1) is 0 Å². The SMILES string of the molecule is COc1cccc(Oc2nc(N3CCC(C)CC3)nc3c2CN(C(=O)Nc2ccc(C)cc2)CC3)c1. The fraction of sp³-hybridized carbons (Fsp3) is 0.393. The van der Waals surface area contributed by atoms with Crippen molar-refractivity contribution in [1.29, 1.82) is 0 Å². The Balaban J connectivity index is 1.42. The van der Waals surface area contributed by atoms with E-state index in [0.717, 1.165) is 48.4 Å². The Morgan fingerprint density at radius 3 is 2.53 bits per heavy atom. The standard InChI is InChI=1S/C28H33N5O3/c1-19-7-9-21(10-8-19)29-28(34)33-16-13-25-24(18-33)26(36-23-6-4-5-22(17-23)35-3)31-27(30-25)32-14-11-20(2)12-15-32/h4-10,17,20H,11-16,18H2,1-3H3,(H,29,34). The zero-order valence-corrected chi connectivity index (χ0v) is 21.2. The van der Waals surface area contributed by atoms with Crippen LogP contribution in [0.15, 0.2) is 48.5 Å². The van der Waals surface area contributed by atoms with Crippen LogP contribution >= 0.6 is 0 Å². The third-order valence-electron chi connectivity index (χ3n) is 6.92. The summed E-state index contributed by atoms with van der Waals surface area (Å²) < 4.78 is 11.7. The molecule has 8 heteroatoms. The predicted molar refractivity (Wildman–Crippen MR) is 140 cm³/mol. The minimum atomic E-state index is -0.147. The number of carbonyl (C=O) groups is 1. The molecule has 2 aliphatic heterocycles. The largest absolute Gasteiger partial charge is 0.497 e. The van der Waals surface area contributed by atoms with Crippen LogP contribution in [0.5, 0.6) is 17.4 Å². The second kappa shape index (κ2) is 10.4. The van der Waals surface area contributed by atoms with Crippen LogP contribution in [0.1, 0.15) is 36.6 Å². The first kappa shape index (κ1) is 23.9. The molecule has 0 bridgehead atoms. The number of ether oxygens (including phenoxy) is 2. The molecule has 5 rings (SSSR count). The number of methoxy groups -OCH3 is 1. The topological polar surface area (TPSA) is 79.8 Å². The number of anilines is 2. The number of carbonyl (C=O) groups excluding carboxylic acids is 1. The van der Waals surface area contributed by atoms with Crippen molar-refractivity contribution >= 4 is 17.7 Å². The van der Waals surface area contributed by atoms with Crippen molar-refractivity contribution in [2.45, 2.75) is 39.7 Å². The lowest BCUT2D eigenvalue weighted by molar-refractivity contribution is 0.205. The number of benzene rings is 2. The quantitative estimate of drug-likeness (QED) is 0.518. The number of rotatable bonds is 5. The maximum atomic E-state index is 13.1. The van der Waals surface area contributed by atoms with E-state index in [0.29, 0.717) is 48.8 Å². The van der Waals surface area contributed by atoms with Crippen LogP contribution in [0, 0.1) is 12.8 Å². The molecule has 0 radical (unpaired) electrons. The molecule has 3 heterocycles. The van der Waals surface area contributed by atoms with E-state index in [9.17, 15) is 4.79 Å². The number of urea groups is 1. The third-order valence-corrected chi connectivity index (χ3v) is 6.92. The molecule has 0 aliphatic carbocycles. The Morgan fingerprint density at radius 2 is 1.78 bits per heavy atom. The predicted octanol–water partition coefficient (Wildman–Crippen LogP) is 5.41. The van der Waals surface area contributed by atoms with Crippen LogP contribution in [0.3, 0.4) is 0 Å². The van der Waals surface area contributed by atoms with Crippen molar-refractivity contribution in [2.24, 2.45) is 5.92 Å². The molecule has 8 nitrogen and oxygen atoms in total. The Labute approximate surface area is 212 Å². The van der Waals surface area contributed by atoms with Crippen molar-refractivity contribution in [3.63, 3.8) is 0 Å². The van der Waals surface area contributed by atoms with E-state index in [2.05, 4.69) is 17.1 Å². The molecule has 1 fully saturated rings.